The highest BCUT2D eigenvalue weighted by atomic mass is 19.1. The molecule has 0 amide bonds. The summed E-state index contributed by atoms with van der Waals surface area (Å²) in [6.07, 6.45) is 7.73. The maximum atomic E-state index is 14.9. The van der Waals surface area contributed by atoms with Crippen LogP contribution in [-0.2, 0) is 6.54 Å². The maximum Gasteiger partial charge on any atom is 0.260 e. The van der Waals surface area contributed by atoms with Crippen molar-refractivity contribution in [1.82, 2.24) is 14.9 Å². The first-order valence-corrected chi connectivity index (χ1v) is 10.4. The van der Waals surface area contributed by atoms with Crippen molar-refractivity contribution in [2.24, 2.45) is 0 Å². The predicted molar refractivity (Wildman–Crippen MR) is 113 cm³/mol. The zero-order chi connectivity index (χ0) is 21.1. The Labute approximate surface area is 173 Å². The second-order valence-electron chi connectivity index (χ2n) is 7.65. The first kappa shape index (κ1) is 20.5. The molecule has 1 N–H and O–H groups in total. The number of nitrogens with zero attached hydrogens (tertiary/aromatic N) is 2. The van der Waals surface area contributed by atoms with E-state index in [4.69, 9.17) is 4.74 Å². The van der Waals surface area contributed by atoms with Crippen LogP contribution in [0.4, 0.5) is 8.78 Å². The van der Waals surface area contributed by atoms with Crippen LogP contribution in [0, 0.1) is 11.6 Å². The van der Waals surface area contributed by atoms with Crippen molar-refractivity contribution < 1.29 is 13.5 Å². The Morgan fingerprint density at radius 1 is 1.20 bits per heavy atom. The zero-order valence-corrected chi connectivity index (χ0v) is 17.0. The van der Waals surface area contributed by atoms with E-state index >= 15 is 0 Å². The van der Waals surface area contributed by atoms with Gasteiger partial charge < -0.3 is 14.6 Å². The van der Waals surface area contributed by atoms with Gasteiger partial charge in [-0.15, -0.1) is 0 Å². The van der Waals surface area contributed by atoms with E-state index < -0.39 is 11.6 Å². The molecule has 0 bridgehead atoms. The fourth-order valence-corrected chi connectivity index (χ4v) is 3.87. The summed E-state index contributed by atoms with van der Waals surface area (Å²) in [5.41, 5.74) is 0.806. The van der Waals surface area contributed by atoms with Crippen LogP contribution in [-0.4, -0.2) is 28.7 Å². The number of piperidine rings is 1. The quantitative estimate of drug-likeness (QED) is 0.656. The van der Waals surface area contributed by atoms with E-state index in [9.17, 15) is 13.6 Å². The van der Waals surface area contributed by atoms with E-state index in [0.29, 0.717) is 41.3 Å². The average Bonchev–Trinajstić information content (AvgIpc) is 2.76. The second-order valence-corrected chi connectivity index (χ2v) is 7.65. The molecule has 0 saturated carbocycles. The lowest BCUT2D eigenvalue weighted by Crippen LogP contribution is -2.34. The molecule has 0 unspecified atom stereocenters. The van der Waals surface area contributed by atoms with E-state index in [0.717, 1.165) is 25.9 Å². The number of hydrogen-bond donors (Lipinski definition) is 1. The molecule has 0 aliphatic carbocycles. The first-order chi connectivity index (χ1) is 14.6. The topological polar surface area (TPSA) is 56.1 Å². The van der Waals surface area contributed by atoms with Gasteiger partial charge in [0.05, 0.1) is 5.39 Å². The van der Waals surface area contributed by atoms with Crippen LogP contribution in [0.5, 0.6) is 5.75 Å². The Morgan fingerprint density at radius 2 is 1.93 bits per heavy atom. The molecule has 1 aliphatic rings. The molecule has 30 heavy (non-hydrogen) atoms. The number of aryl methyl sites for hydroxylation is 1. The highest BCUT2D eigenvalue weighted by Crippen LogP contribution is 2.33. The smallest absolute Gasteiger partial charge is 0.260 e. The van der Waals surface area contributed by atoms with Gasteiger partial charge in [0.2, 0.25) is 0 Å². The summed E-state index contributed by atoms with van der Waals surface area (Å²) in [7, 11) is 0. The molecule has 1 saturated heterocycles. The lowest BCUT2D eigenvalue weighted by Gasteiger charge is -2.24. The minimum absolute atomic E-state index is 0.151. The van der Waals surface area contributed by atoms with Crippen LogP contribution >= 0.6 is 0 Å². The molecule has 3 aromatic rings. The number of nitrogens with one attached hydrogen (secondary N) is 1. The Balaban J connectivity index is 1.78. The van der Waals surface area contributed by atoms with Gasteiger partial charge in [0.25, 0.3) is 5.56 Å². The van der Waals surface area contributed by atoms with Crippen molar-refractivity contribution in [2.75, 3.05) is 13.1 Å². The van der Waals surface area contributed by atoms with Crippen molar-refractivity contribution in [3.8, 4) is 16.9 Å². The number of fused-ring (bicyclic) bond motifs is 1. The van der Waals surface area contributed by atoms with E-state index in [1.807, 2.05) is 6.92 Å². The summed E-state index contributed by atoms with van der Waals surface area (Å²) in [5.74, 6) is -1.81. The number of pyridine rings is 2. The monoisotopic (exact) mass is 413 g/mol. The van der Waals surface area contributed by atoms with Gasteiger partial charge in [-0.05, 0) is 61.5 Å². The molecule has 0 atom stereocenters. The lowest BCUT2D eigenvalue weighted by atomic mass is 10.0. The molecule has 0 radical (unpaired) electrons. The van der Waals surface area contributed by atoms with Gasteiger partial charge in [-0.1, -0.05) is 13.3 Å². The van der Waals surface area contributed by atoms with E-state index in [1.165, 1.54) is 18.3 Å². The fraction of sp³-hybridized carbons (Fsp3) is 0.391. The number of ether oxygens (including phenoxy) is 1. The molecule has 1 aliphatic heterocycles. The minimum atomic E-state index is -0.739. The Bertz CT molecular complexity index is 1080. The highest BCUT2D eigenvalue weighted by Gasteiger charge is 2.21. The third-order valence-electron chi connectivity index (χ3n) is 5.52. The Hall–Kier alpha value is -2.80. The van der Waals surface area contributed by atoms with Crippen LogP contribution in [0.25, 0.3) is 21.9 Å². The fourth-order valence-electron chi connectivity index (χ4n) is 3.87. The molecule has 2 aromatic heterocycles. The second kappa shape index (κ2) is 8.92. The van der Waals surface area contributed by atoms with Gasteiger partial charge in [-0.2, -0.15) is 0 Å². The first-order valence-electron chi connectivity index (χ1n) is 10.4. The van der Waals surface area contributed by atoms with E-state index in [2.05, 4.69) is 10.3 Å². The lowest BCUT2D eigenvalue weighted by molar-refractivity contribution is 0.149. The van der Waals surface area contributed by atoms with Crippen molar-refractivity contribution in [1.29, 1.82) is 0 Å². The molecular formula is C23H25F2N3O2. The summed E-state index contributed by atoms with van der Waals surface area (Å²) >= 11 is 0. The summed E-state index contributed by atoms with van der Waals surface area (Å²) in [6, 6.07) is 4.26. The molecule has 4 rings (SSSR count). The van der Waals surface area contributed by atoms with Crippen molar-refractivity contribution in [2.45, 2.75) is 45.3 Å². The third kappa shape index (κ3) is 4.07. The Kier molecular flexibility index (Phi) is 6.08. The van der Waals surface area contributed by atoms with Gasteiger partial charge in [-0.3, -0.25) is 9.78 Å². The van der Waals surface area contributed by atoms with E-state index in [-0.39, 0.29) is 17.4 Å². The van der Waals surface area contributed by atoms with Gasteiger partial charge in [0, 0.05) is 30.7 Å². The number of hydrogen-bond acceptors (Lipinski definition) is 4. The standard InChI is InChI=1S/C23H25F2N3O2/c1-2-3-10-28-14-19(17-6-9-27-13-18(17)23(28)29)15-11-20(24)22(21(25)12-15)30-16-4-7-26-8-5-16/h6,9,11-14,16,26H,2-5,7-8,10H2,1H3. The van der Waals surface area contributed by atoms with Gasteiger partial charge in [0.15, 0.2) is 17.4 Å². The minimum Gasteiger partial charge on any atom is -0.484 e. The highest BCUT2D eigenvalue weighted by molar-refractivity contribution is 5.95. The zero-order valence-electron chi connectivity index (χ0n) is 17.0. The number of unbranched alkanes of at least 4 members (excludes halogenated alkanes) is 1. The molecule has 158 valence electrons. The Morgan fingerprint density at radius 3 is 2.63 bits per heavy atom. The molecular weight excluding hydrogens is 388 g/mol. The molecule has 3 heterocycles. The predicted octanol–water partition coefficient (Wildman–Crippen LogP) is 4.27. The average molecular weight is 413 g/mol. The van der Waals surface area contributed by atoms with Crippen LogP contribution in [0.1, 0.15) is 32.6 Å². The molecule has 1 fully saturated rings. The number of rotatable bonds is 6. The van der Waals surface area contributed by atoms with Crippen LogP contribution < -0.4 is 15.6 Å². The van der Waals surface area contributed by atoms with Crippen molar-refractivity contribution in [3.05, 3.63) is 58.8 Å². The van der Waals surface area contributed by atoms with Crippen LogP contribution in [0.15, 0.2) is 41.6 Å². The van der Waals surface area contributed by atoms with Crippen LogP contribution in [0.3, 0.4) is 0 Å². The summed E-state index contributed by atoms with van der Waals surface area (Å²) in [5, 5.41) is 4.25. The summed E-state index contributed by atoms with van der Waals surface area (Å²) < 4.78 is 37.0. The van der Waals surface area contributed by atoms with Gasteiger partial charge in [-0.25, -0.2) is 8.78 Å². The van der Waals surface area contributed by atoms with Gasteiger partial charge in [0.1, 0.15) is 6.10 Å². The SMILES string of the molecule is CCCCn1cc(-c2cc(F)c(OC3CCNCC3)c(F)c2)c2ccncc2c1=O. The number of benzene rings is 1. The number of halogens is 2. The third-order valence-corrected chi connectivity index (χ3v) is 5.52. The van der Waals surface area contributed by atoms with Crippen LogP contribution in [0.2, 0.25) is 0 Å². The van der Waals surface area contributed by atoms with Crippen molar-refractivity contribution >= 4 is 10.8 Å². The number of aromatic nitrogens is 2. The van der Waals surface area contributed by atoms with Crippen molar-refractivity contribution in [3.63, 3.8) is 0 Å². The largest absolute Gasteiger partial charge is 0.484 e. The van der Waals surface area contributed by atoms with Gasteiger partial charge >= 0.3 is 0 Å². The molecule has 5 nitrogen and oxygen atoms in total. The molecule has 0 spiro atoms. The molecule has 1 aromatic carbocycles. The normalized spacial score (nSPS) is 14.9. The maximum absolute atomic E-state index is 14.9. The summed E-state index contributed by atoms with van der Waals surface area (Å²) in [4.78, 5) is 16.8. The van der Waals surface area contributed by atoms with E-state index in [1.54, 1.807) is 23.0 Å². The summed E-state index contributed by atoms with van der Waals surface area (Å²) in [6.45, 7) is 4.12. The molecule has 7 heteroatoms.